The van der Waals surface area contributed by atoms with E-state index in [1.807, 2.05) is 11.7 Å². The van der Waals surface area contributed by atoms with Crippen molar-refractivity contribution >= 4 is 16.3 Å². The van der Waals surface area contributed by atoms with Crippen LogP contribution in [-0.4, -0.2) is 24.1 Å². The summed E-state index contributed by atoms with van der Waals surface area (Å²) in [5.74, 6) is 0. The fourth-order valence-corrected chi connectivity index (χ4v) is 2.17. The van der Waals surface area contributed by atoms with Crippen molar-refractivity contribution in [3.8, 4) is 0 Å². The highest BCUT2D eigenvalue weighted by Gasteiger charge is 2.16. The fourth-order valence-electron chi connectivity index (χ4n) is 1.49. The van der Waals surface area contributed by atoms with Gasteiger partial charge in [0.05, 0.1) is 11.7 Å². The smallest absolute Gasteiger partial charge is 0.111 e. The zero-order valence-corrected chi connectivity index (χ0v) is 7.76. The van der Waals surface area contributed by atoms with E-state index in [2.05, 4.69) is 9.88 Å². The number of aromatic nitrogens is 1. The number of thiazole rings is 1. The van der Waals surface area contributed by atoms with Gasteiger partial charge in [-0.1, -0.05) is 0 Å². The molecule has 0 radical (unpaired) electrons. The SMILES string of the molecule is NC1CCN(c2cncs2)CC1. The van der Waals surface area contributed by atoms with Crippen LogP contribution in [0.4, 0.5) is 5.00 Å². The molecule has 2 heterocycles. The fraction of sp³-hybridized carbons (Fsp3) is 0.625. The van der Waals surface area contributed by atoms with E-state index in [0.717, 1.165) is 25.9 Å². The van der Waals surface area contributed by atoms with Crippen LogP contribution in [0.1, 0.15) is 12.8 Å². The molecular weight excluding hydrogens is 170 g/mol. The third-order valence-corrected chi connectivity index (χ3v) is 3.10. The molecule has 12 heavy (non-hydrogen) atoms. The van der Waals surface area contributed by atoms with Crippen LogP contribution < -0.4 is 10.6 Å². The van der Waals surface area contributed by atoms with E-state index >= 15 is 0 Å². The maximum atomic E-state index is 5.81. The molecule has 1 saturated heterocycles. The molecule has 0 spiro atoms. The lowest BCUT2D eigenvalue weighted by Crippen LogP contribution is -2.39. The van der Waals surface area contributed by atoms with Crippen LogP contribution in [0.25, 0.3) is 0 Å². The Kier molecular flexibility index (Phi) is 2.28. The summed E-state index contributed by atoms with van der Waals surface area (Å²) in [6, 6.07) is 0.411. The van der Waals surface area contributed by atoms with Gasteiger partial charge in [-0.2, -0.15) is 0 Å². The first kappa shape index (κ1) is 8.01. The van der Waals surface area contributed by atoms with Crippen LogP contribution in [0.5, 0.6) is 0 Å². The third kappa shape index (κ3) is 1.59. The van der Waals surface area contributed by atoms with Crippen molar-refractivity contribution in [1.82, 2.24) is 4.98 Å². The summed E-state index contributed by atoms with van der Waals surface area (Å²) in [4.78, 5) is 6.42. The molecule has 0 unspecified atom stereocenters. The second-order valence-corrected chi connectivity index (χ2v) is 4.03. The first-order valence-corrected chi connectivity index (χ1v) is 5.13. The highest BCUT2D eigenvalue weighted by atomic mass is 32.1. The van der Waals surface area contributed by atoms with Gasteiger partial charge in [-0.3, -0.25) is 4.98 Å². The van der Waals surface area contributed by atoms with Crippen LogP contribution in [-0.2, 0) is 0 Å². The topological polar surface area (TPSA) is 42.1 Å². The highest BCUT2D eigenvalue weighted by molar-refractivity contribution is 7.13. The lowest BCUT2D eigenvalue weighted by molar-refractivity contribution is 0.503. The zero-order valence-electron chi connectivity index (χ0n) is 6.94. The summed E-state index contributed by atoms with van der Waals surface area (Å²) < 4.78 is 0. The Balaban J connectivity index is 1.99. The quantitative estimate of drug-likeness (QED) is 0.708. The van der Waals surface area contributed by atoms with E-state index in [9.17, 15) is 0 Å². The number of piperidine rings is 1. The normalized spacial score (nSPS) is 19.9. The first-order valence-electron chi connectivity index (χ1n) is 4.25. The first-order chi connectivity index (χ1) is 5.86. The Morgan fingerprint density at radius 1 is 1.50 bits per heavy atom. The number of nitrogens with zero attached hydrogens (tertiary/aromatic N) is 2. The summed E-state index contributed by atoms with van der Waals surface area (Å²) in [5.41, 5.74) is 7.69. The van der Waals surface area contributed by atoms with E-state index in [1.165, 1.54) is 5.00 Å². The molecule has 1 aromatic rings. The molecule has 2 rings (SSSR count). The lowest BCUT2D eigenvalue weighted by atomic mass is 10.1. The number of anilines is 1. The second kappa shape index (κ2) is 3.41. The Bertz CT molecular complexity index is 226. The molecule has 66 valence electrons. The van der Waals surface area contributed by atoms with Gasteiger partial charge in [0.1, 0.15) is 5.00 Å². The summed E-state index contributed by atoms with van der Waals surface area (Å²) in [7, 11) is 0. The van der Waals surface area contributed by atoms with Crippen LogP contribution in [0.3, 0.4) is 0 Å². The third-order valence-electron chi connectivity index (χ3n) is 2.27. The van der Waals surface area contributed by atoms with Gasteiger partial charge in [-0.25, -0.2) is 0 Å². The standard InChI is InChI=1S/C8H13N3S/c9-7-1-3-11(4-2-7)8-5-10-6-12-8/h5-7H,1-4,9H2. The maximum absolute atomic E-state index is 5.81. The molecule has 1 aliphatic heterocycles. The average Bonchev–Trinajstić information content (AvgIpc) is 2.58. The van der Waals surface area contributed by atoms with Gasteiger partial charge in [0.2, 0.25) is 0 Å². The van der Waals surface area contributed by atoms with E-state index in [0.29, 0.717) is 6.04 Å². The van der Waals surface area contributed by atoms with Crippen molar-refractivity contribution in [1.29, 1.82) is 0 Å². The molecular formula is C8H13N3S. The monoisotopic (exact) mass is 183 g/mol. The number of hydrogen-bond donors (Lipinski definition) is 1. The molecule has 1 aliphatic rings. The molecule has 0 amide bonds. The minimum absolute atomic E-state index is 0.411. The van der Waals surface area contributed by atoms with Crippen molar-refractivity contribution in [2.45, 2.75) is 18.9 Å². The van der Waals surface area contributed by atoms with Crippen molar-refractivity contribution < 1.29 is 0 Å². The molecule has 0 aromatic carbocycles. The minimum atomic E-state index is 0.411. The Morgan fingerprint density at radius 2 is 2.25 bits per heavy atom. The second-order valence-electron chi connectivity index (χ2n) is 3.16. The lowest BCUT2D eigenvalue weighted by Gasteiger charge is -2.30. The molecule has 0 bridgehead atoms. The minimum Gasteiger partial charge on any atom is -0.362 e. The largest absolute Gasteiger partial charge is 0.362 e. The average molecular weight is 183 g/mol. The summed E-state index contributed by atoms with van der Waals surface area (Å²) in [6.45, 7) is 2.17. The van der Waals surface area contributed by atoms with Gasteiger partial charge in [0.25, 0.3) is 0 Å². The Labute approximate surface area is 76.2 Å². The highest BCUT2D eigenvalue weighted by Crippen LogP contribution is 2.22. The molecule has 1 aromatic heterocycles. The van der Waals surface area contributed by atoms with Gasteiger partial charge in [0.15, 0.2) is 0 Å². The van der Waals surface area contributed by atoms with Gasteiger partial charge >= 0.3 is 0 Å². The van der Waals surface area contributed by atoms with E-state index in [-0.39, 0.29) is 0 Å². The van der Waals surface area contributed by atoms with E-state index in [4.69, 9.17) is 5.73 Å². The summed E-state index contributed by atoms with van der Waals surface area (Å²) in [6.07, 6.45) is 4.15. The van der Waals surface area contributed by atoms with Crippen molar-refractivity contribution in [2.75, 3.05) is 18.0 Å². The predicted molar refractivity (Wildman–Crippen MR) is 51.5 cm³/mol. The number of hydrogen-bond acceptors (Lipinski definition) is 4. The molecule has 4 heteroatoms. The van der Waals surface area contributed by atoms with Crippen LogP contribution in [0.2, 0.25) is 0 Å². The van der Waals surface area contributed by atoms with Crippen molar-refractivity contribution in [3.05, 3.63) is 11.7 Å². The summed E-state index contributed by atoms with van der Waals surface area (Å²) in [5, 5.41) is 1.28. The molecule has 0 atom stereocenters. The van der Waals surface area contributed by atoms with Crippen LogP contribution >= 0.6 is 11.3 Å². The van der Waals surface area contributed by atoms with Crippen LogP contribution in [0.15, 0.2) is 11.7 Å². The molecule has 2 N–H and O–H groups in total. The molecule has 0 saturated carbocycles. The van der Waals surface area contributed by atoms with Gasteiger partial charge in [-0.05, 0) is 12.8 Å². The molecule has 1 fully saturated rings. The van der Waals surface area contributed by atoms with E-state index < -0.39 is 0 Å². The summed E-state index contributed by atoms with van der Waals surface area (Å²) >= 11 is 1.70. The maximum Gasteiger partial charge on any atom is 0.111 e. The van der Waals surface area contributed by atoms with Gasteiger partial charge in [-0.15, -0.1) is 11.3 Å². The van der Waals surface area contributed by atoms with Crippen LogP contribution in [0, 0.1) is 0 Å². The van der Waals surface area contributed by atoms with Gasteiger partial charge < -0.3 is 10.6 Å². The Hall–Kier alpha value is -0.610. The molecule has 0 aliphatic carbocycles. The zero-order chi connectivity index (χ0) is 8.39. The van der Waals surface area contributed by atoms with Crippen molar-refractivity contribution in [2.24, 2.45) is 5.73 Å². The predicted octanol–water partition coefficient (Wildman–Crippen LogP) is 1.07. The number of nitrogens with two attached hydrogens (primary N) is 1. The Morgan fingerprint density at radius 3 is 2.83 bits per heavy atom. The van der Waals surface area contributed by atoms with Gasteiger partial charge in [0, 0.05) is 19.1 Å². The molecule has 3 nitrogen and oxygen atoms in total. The van der Waals surface area contributed by atoms with Crippen molar-refractivity contribution in [3.63, 3.8) is 0 Å². The van der Waals surface area contributed by atoms with E-state index in [1.54, 1.807) is 11.3 Å². The number of rotatable bonds is 1.